The second-order valence-electron chi connectivity index (χ2n) is 3.95. The molecule has 0 saturated carbocycles. The molecule has 0 aliphatic carbocycles. The van der Waals surface area contributed by atoms with Crippen LogP contribution in [0.2, 0.25) is 0 Å². The highest BCUT2D eigenvalue weighted by Gasteiger charge is 2.11. The number of hydrogen-bond acceptors (Lipinski definition) is 6. The standard InChI is InChI=1S/C12H17NO6S/c14-7-10(8-15)19-12(16)13-6-5-9-1-3-11(4-2-9)20(17)18/h1-4,10,14-15H,5-8H2,(H,13,16)(H,17,18)/p-1. The number of aliphatic hydroxyl groups is 2. The van der Waals surface area contributed by atoms with Crippen molar-refractivity contribution in [3.63, 3.8) is 0 Å². The minimum Gasteiger partial charge on any atom is -0.768 e. The summed E-state index contributed by atoms with van der Waals surface area (Å²) in [5.41, 5.74) is 0.861. The van der Waals surface area contributed by atoms with E-state index in [0.29, 0.717) is 13.0 Å². The van der Waals surface area contributed by atoms with E-state index in [1.807, 2.05) is 0 Å². The lowest BCUT2D eigenvalue weighted by Gasteiger charge is -2.13. The van der Waals surface area contributed by atoms with E-state index in [-0.39, 0.29) is 4.90 Å². The van der Waals surface area contributed by atoms with Crippen LogP contribution in [0, 0.1) is 0 Å². The third kappa shape index (κ3) is 5.66. The topological polar surface area (TPSA) is 119 Å². The van der Waals surface area contributed by atoms with Gasteiger partial charge in [0.25, 0.3) is 0 Å². The average molecular weight is 302 g/mol. The van der Waals surface area contributed by atoms with E-state index in [1.165, 1.54) is 12.1 Å². The molecule has 0 spiro atoms. The van der Waals surface area contributed by atoms with Gasteiger partial charge in [-0.25, -0.2) is 4.79 Å². The summed E-state index contributed by atoms with van der Waals surface area (Å²) in [6.45, 7) is -0.600. The summed E-state index contributed by atoms with van der Waals surface area (Å²) < 4.78 is 26.0. The maximum atomic E-state index is 11.3. The van der Waals surface area contributed by atoms with Crippen molar-refractivity contribution in [3.05, 3.63) is 29.8 Å². The molecule has 1 atom stereocenters. The van der Waals surface area contributed by atoms with Gasteiger partial charge in [0, 0.05) is 11.4 Å². The van der Waals surface area contributed by atoms with Gasteiger partial charge in [0.2, 0.25) is 0 Å². The Morgan fingerprint density at radius 1 is 1.30 bits per heavy atom. The Kier molecular flexibility index (Phi) is 7.16. The molecule has 7 nitrogen and oxygen atoms in total. The molecule has 8 heteroatoms. The lowest BCUT2D eigenvalue weighted by Crippen LogP contribution is -2.33. The van der Waals surface area contributed by atoms with E-state index >= 15 is 0 Å². The lowest BCUT2D eigenvalue weighted by molar-refractivity contribution is 0.0224. The van der Waals surface area contributed by atoms with Crippen molar-refractivity contribution in [2.24, 2.45) is 0 Å². The Labute approximate surface area is 118 Å². The summed E-state index contributed by atoms with van der Waals surface area (Å²) in [5, 5.41) is 19.9. The fourth-order valence-electron chi connectivity index (χ4n) is 1.40. The van der Waals surface area contributed by atoms with E-state index in [2.05, 4.69) is 5.32 Å². The van der Waals surface area contributed by atoms with Crippen LogP contribution in [0.4, 0.5) is 4.79 Å². The molecule has 0 bridgehead atoms. The predicted octanol–water partition coefficient (Wildman–Crippen LogP) is -0.453. The number of carbonyl (C=O) groups excluding carboxylic acids is 1. The Hall–Kier alpha value is -1.48. The van der Waals surface area contributed by atoms with Gasteiger partial charge in [0.15, 0.2) is 0 Å². The van der Waals surface area contributed by atoms with E-state index in [1.54, 1.807) is 12.1 Å². The first kappa shape index (κ1) is 16.6. The van der Waals surface area contributed by atoms with Gasteiger partial charge in [-0.1, -0.05) is 12.1 Å². The zero-order valence-corrected chi connectivity index (χ0v) is 11.5. The van der Waals surface area contributed by atoms with Crippen molar-refractivity contribution in [3.8, 4) is 0 Å². The zero-order chi connectivity index (χ0) is 15.0. The number of carbonyl (C=O) groups is 1. The third-order valence-electron chi connectivity index (χ3n) is 2.48. The average Bonchev–Trinajstić information content (AvgIpc) is 2.45. The first-order chi connectivity index (χ1) is 9.56. The van der Waals surface area contributed by atoms with Crippen molar-refractivity contribution in [2.75, 3.05) is 19.8 Å². The molecule has 3 N–H and O–H groups in total. The van der Waals surface area contributed by atoms with Gasteiger partial charge in [-0.2, -0.15) is 0 Å². The summed E-state index contributed by atoms with van der Waals surface area (Å²) in [6.07, 6.45) is -1.15. The molecule has 0 radical (unpaired) electrons. The largest absolute Gasteiger partial charge is 0.768 e. The molecule has 0 heterocycles. The van der Waals surface area contributed by atoms with Crippen molar-refractivity contribution in [2.45, 2.75) is 17.4 Å². The maximum Gasteiger partial charge on any atom is 0.407 e. The first-order valence-corrected chi connectivity index (χ1v) is 6.98. The molecule has 20 heavy (non-hydrogen) atoms. The van der Waals surface area contributed by atoms with Gasteiger partial charge in [-0.3, -0.25) is 4.21 Å². The molecule has 1 amide bonds. The first-order valence-electron chi connectivity index (χ1n) is 5.91. The summed E-state index contributed by atoms with van der Waals surface area (Å²) in [6, 6.07) is 6.26. The maximum absolute atomic E-state index is 11.3. The molecule has 0 aliphatic heterocycles. The van der Waals surface area contributed by atoms with E-state index in [0.717, 1.165) is 5.56 Å². The number of benzene rings is 1. The molecule has 1 rings (SSSR count). The second kappa shape index (κ2) is 8.64. The summed E-state index contributed by atoms with van der Waals surface area (Å²) >= 11 is -2.25. The summed E-state index contributed by atoms with van der Waals surface area (Å²) in [4.78, 5) is 11.5. The van der Waals surface area contributed by atoms with Crippen LogP contribution in [0.5, 0.6) is 0 Å². The number of rotatable bonds is 7. The number of alkyl carbamates (subject to hydrolysis) is 1. The Balaban J connectivity index is 2.33. The molecule has 0 aromatic heterocycles. The number of ether oxygens (including phenoxy) is 1. The van der Waals surface area contributed by atoms with Crippen molar-refractivity contribution in [1.82, 2.24) is 5.32 Å². The highest BCUT2D eigenvalue weighted by molar-refractivity contribution is 7.79. The van der Waals surface area contributed by atoms with Crippen LogP contribution in [0.1, 0.15) is 5.56 Å². The van der Waals surface area contributed by atoms with Gasteiger partial charge in [-0.05, 0) is 35.2 Å². The fourth-order valence-corrected chi connectivity index (χ4v) is 1.76. The fraction of sp³-hybridized carbons (Fsp3) is 0.417. The molecule has 1 unspecified atom stereocenters. The SMILES string of the molecule is O=C(NCCc1ccc(S(=O)[O-])cc1)OC(CO)CO. The lowest BCUT2D eigenvalue weighted by atomic mass is 10.1. The Morgan fingerprint density at radius 3 is 2.40 bits per heavy atom. The second-order valence-corrected chi connectivity index (χ2v) is 4.89. The summed E-state index contributed by atoms with van der Waals surface area (Å²) in [5.74, 6) is 0. The normalized spacial score (nSPS) is 12.2. The van der Waals surface area contributed by atoms with Crippen molar-refractivity contribution < 1.29 is 28.5 Å². The monoisotopic (exact) mass is 302 g/mol. The smallest absolute Gasteiger partial charge is 0.407 e. The van der Waals surface area contributed by atoms with Gasteiger partial charge < -0.3 is 24.8 Å². The van der Waals surface area contributed by atoms with E-state index in [9.17, 15) is 13.6 Å². The Morgan fingerprint density at radius 2 is 1.90 bits per heavy atom. The van der Waals surface area contributed by atoms with Crippen LogP contribution in [-0.2, 0) is 22.2 Å². The van der Waals surface area contributed by atoms with Gasteiger partial charge in [0.1, 0.15) is 6.10 Å². The quantitative estimate of drug-likeness (QED) is 0.587. The highest BCUT2D eigenvalue weighted by Crippen LogP contribution is 2.07. The van der Waals surface area contributed by atoms with Crippen LogP contribution in [-0.4, -0.2) is 50.9 Å². The molecular weight excluding hydrogens is 286 g/mol. The van der Waals surface area contributed by atoms with Gasteiger partial charge in [-0.15, -0.1) is 0 Å². The molecule has 0 saturated heterocycles. The minimum absolute atomic E-state index is 0.204. The Bertz CT molecular complexity index is 446. The molecule has 112 valence electrons. The van der Waals surface area contributed by atoms with E-state index < -0.39 is 36.5 Å². The van der Waals surface area contributed by atoms with Gasteiger partial charge >= 0.3 is 6.09 Å². The summed E-state index contributed by atoms with van der Waals surface area (Å²) in [7, 11) is 0. The van der Waals surface area contributed by atoms with Crippen LogP contribution in [0.25, 0.3) is 0 Å². The number of aliphatic hydroxyl groups excluding tert-OH is 2. The highest BCUT2D eigenvalue weighted by atomic mass is 32.2. The number of amides is 1. The molecule has 1 aromatic rings. The van der Waals surface area contributed by atoms with Gasteiger partial charge in [0.05, 0.1) is 13.2 Å². The van der Waals surface area contributed by atoms with Crippen LogP contribution >= 0.6 is 0 Å². The van der Waals surface area contributed by atoms with Crippen LogP contribution < -0.4 is 5.32 Å². The number of nitrogens with one attached hydrogen (secondary N) is 1. The van der Waals surface area contributed by atoms with Crippen LogP contribution in [0.3, 0.4) is 0 Å². The molecule has 1 aromatic carbocycles. The molecule has 0 fully saturated rings. The zero-order valence-electron chi connectivity index (χ0n) is 10.7. The predicted molar refractivity (Wildman–Crippen MR) is 69.8 cm³/mol. The van der Waals surface area contributed by atoms with Crippen LogP contribution in [0.15, 0.2) is 29.2 Å². The van der Waals surface area contributed by atoms with Crippen molar-refractivity contribution in [1.29, 1.82) is 0 Å². The minimum atomic E-state index is -2.25. The molecule has 0 aliphatic rings. The third-order valence-corrected chi connectivity index (χ3v) is 3.14. The van der Waals surface area contributed by atoms with E-state index in [4.69, 9.17) is 14.9 Å². The number of hydrogen-bond donors (Lipinski definition) is 3. The van der Waals surface area contributed by atoms with Crippen molar-refractivity contribution >= 4 is 17.2 Å². The molecular formula is C12H16NO6S-.